The second kappa shape index (κ2) is 7.27. The van der Waals surface area contributed by atoms with Crippen molar-refractivity contribution in [2.75, 3.05) is 23.7 Å². The normalized spacial score (nSPS) is 19.1. The van der Waals surface area contributed by atoms with Crippen LogP contribution < -0.4 is 10.6 Å². The number of benzene rings is 1. The first-order chi connectivity index (χ1) is 10.1. The summed E-state index contributed by atoms with van der Waals surface area (Å²) >= 11 is 0. The summed E-state index contributed by atoms with van der Waals surface area (Å²) in [5, 5.41) is 0. The van der Waals surface area contributed by atoms with E-state index in [0.29, 0.717) is 17.4 Å². The quantitative estimate of drug-likeness (QED) is 0.841. The highest BCUT2D eigenvalue weighted by molar-refractivity contribution is 7.91. The van der Waals surface area contributed by atoms with Crippen LogP contribution in [-0.4, -0.2) is 33.3 Å². The molecule has 1 unspecified atom stereocenters. The van der Waals surface area contributed by atoms with E-state index in [1.807, 2.05) is 19.1 Å². The molecule has 0 aliphatic carbocycles. The van der Waals surface area contributed by atoms with Gasteiger partial charge in [0.15, 0.2) is 9.84 Å². The molecule has 1 fully saturated rings. The molecule has 1 aliphatic heterocycles. The molecule has 5 heteroatoms. The van der Waals surface area contributed by atoms with E-state index in [2.05, 4.69) is 4.90 Å². The first-order valence-electron chi connectivity index (χ1n) is 7.88. The third-order valence-corrected chi connectivity index (χ3v) is 6.06. The maximum atomic E-state index is 12.0. The van der Waals surface area contributed by atoms with Gasteiger partial charge in [0.25, 0.3) is 0 Å². The molecule has 1 aromatic carbocycles. The van der Waals surface area contributed by atoms with E-state index in [-0.39, 0.29) is 5.75 Å². The molecule has 0 amide bonds. The molecule has 1 heterocycles. The third kappa shape index (κ3) is 3.98. The summed E-state index contributed by atoms with van der Waals surface area (Å²) in [6.07, 6.45) is 5.22. The number of sulfone groups is 1. The standard InChI is InChI=1S/C16H26N2O2S/c1-2-13-21(19,20)16-9-7-15(8-10-16)18-12-4-6-14(18)5-3-11-17/h7-10,14H,2-6,11-13,17H2,1H3. The molecular weight excluding hydrogens is 284 g/mol. The minimum absolute atomic E-state index is 0.217. The van der Waals surface area contributed by atoms with E-state index in [1.54, 1.807) is 12.1 Å². The van der Waals surface area contributed by atoms with E-state index in [0.717, 1.165) is 31.6 Å². The fourth-order valence-corrected chi connectivity index (χ4v) is 4.38. The van der Waals surface area contributed by atoms with Crippen LogP contribution >= 0.6 is 0 Å². The summed E-state index contributed by atoms with van der Waals surface area (Å²) in [5.41, 5.74) is 6.73. The van der Waals surface area contributed by atoms with Gasteiger partial charge in [-0.25, -0.2) is 8.42 Å². The molecule has 0 radical (unpaired) electrons. The Bertz CT molecular complexity index is 540. The lowest BCUT2D eigenvalue weighted by Crippen LogP contribution is -2.29. The second-order valence-corrected chi connectivity index (χ2v) is 7.84. The number of nitrogens with zero attached hydrogens (tertiary/aromatic N) is 1. The molecule has 0 aromatic heterocycles. The van der Waals surface area contributed by atoms with Crippen molar-refractivity contribution in [3.8, 4) is 0 Å². The Balaban J connectivity index is 2.11. The lowest BCUT2D eigenvalue weighted by molar-refractivity contribution is 0.585. The average Bonchev–Trinajstić information content (AvgIpc) is 2.93. The van der Waals surface area contributed by atoms with E-state index < -0.39 is 9.84 Å². The minimum atomic E-state index is -3.11. The highest BCUT2D eigenvalue weighted by atomic mass is 32.2. The van der Waals surface area contributed by atoms with Crippen molar-refractivity contribution in [2.45, 2.75) is 50.0 Å². The van der Waals surface area contributed by atoms with Gasteiger partial charge in [-0.15, -0.1) is 0 Å². The van der Waals surface area contributed by atoms with Gasteiger partial charge in [-0.3, -0.25) is 0 Å². The first-order valence-corrected chi connectivity index (χ1v) is 9.53. The lowest BCUT2D eigenvalue weighted by Gasteiger charge is -2.27. The summed E-state index contributed by atoms with van der Waals surface area (Å²) in [5.74, 6) is 0.217. The predicted molar refractivity (Wildman–Crippen MR) is 87.4 cm³/mol. The van der Waals surface area contributed by atoms with Crippen molar-refractivity contribution in [2.24, 2.45) is 5.73 Å². The molecule has 0 saturated carbocycles. The van der Waals surface area contributed by atoms with Crippen molar-refractivity contribution in [3.05, 3.63) is 24.3 Å². The van der Waals surface area contributed by atoms with Gasteiger partial charge in [0.2, 0.25) is 0 Å². The highest BCUT2D eigenvalue weighted by Gasteiger charge is 2.24. The summed E-state index contributed by atoms with van der Waals surface area (Å²) < 4.78 is 24.1. The van der Waals surface area contributed by atoms with Gasteiger partial charge in [0.05, 0.1) is 10.6 Å². The van der Waals surface area contributed by atoms with Crippen LogP contribution in [0.4, 0.5) is 5.69 Å². The molecule has 21 heavy (non-hydrogen) atoms. The summed E-state index contributed by atoms with van der Waals surface area (Å²) in [7, 11) is -3.11. The Labute approximate surface area is 128 Å². The van der Waals surface area contributed by atoms with Crippen LogP contribution in [0.1, 0.15) is 39.0 Å². The Morgan fingerprint density at radius 3 is 2.62 bits per heavy atom. The van der Waals surface area contributed by atoms with Crippen LogP contribution in [0.2, 0.25) is 0 Å². The summed E-state index contributed by atoms with van der Waals surface area (Å²) in [6, 6.07) is 7.94. The van der Waals surface area contributed by atoms with Gasteiger partial charge in [-0.1, -0.05) is 6.92 Å². The molecule has 1 atom stereocenters. The van der Waals surface area contributed by atoms with E-state index in [4.69, 9.17) is 5.73 Å². The summed E-state index contributed by atoms with van der Waals surface area (Å²) in [6.45, 7) is 3.67. The Morgan fingerprint density at radius 1 is 1.29 bits per heavy atom. The van der Waals surface area contributed by atoms with Gasteiger partial charge < -0.3 is 10.6 Å². The molecule has 4 nitrogen and oxygen atoms in total. The predicted octanol–water partition coefficient (Wildman–Crippen LogP) is 2.58. The second-order valence-electron chi connectivity index (χ2n) is 5.73. The van der Waals surface area contributed by atoms with Gasteiger partial charge in [0, 0.05) is 18.3 Å². The molecule has 1 aromatic rings. The van der Waals surface area contributed by atoms with Crippen LogP contribution in [-0.2, 0) is 9.84 Å². The fourth-order valence-electron chi connectivity index (χ4n) is 3.06. The monoisotopic (exact) mass is 310 g/mol. The maximum absolute atomic E-state index is 12.0. The number of hydrogen-bond acceptors (Lipinski definition) is 4. The van der Waals surface area contributed by atoms with Crippen molar-refractivity contribution < 1.29 is 8.42 Å². The van der Waals surface area contributed by atoms with Crippen molar-refractivity contribution in [3.63, 3.8) is 0 Å². The summed E-state index contributed by atoms with van der Waals surface area (Å²) in [4.78, 5) is 2.83. The SMILES string of the molecule is CCCS(=O)(=O)c1ccc(N2CCCC2CCCN)cc1. The maximum Gasteiger partial charge on any atom is 0.178 e. The first kappa shape index (κ1) is 16.3. The lowest BCUT2D eigenvalue weighted by atomic mass is 10.1. The average molecular weight is 310 g/mol. The van der Waals surface area contributed by atoms with E-state index >= 15 is 0 Å². The molecule has 0 spiro atoms. The topological polar surface area (TPSA) is 63.4 Å². The number of nitrogens with two attached hydrogens (primary N) is 1. The van der Waals surface area contributed by atoms with Gasteiger partial charge in [-0.2, -0.15) is 0 Å². The molecule has 2 N–H and O–H groups in total. The van der Waals surface area contributed by atoms with Crippen LogP contribution in [0.25, 0.3) is 0 Å². The van der Waals surface area contributed by atoms with Crippen LogP contribution in [0.15, 0.2) is 29.2 Å². The van der Waals surface area contributed by atoms with Gasteiger partial charge in [0.1, 0.15) is 0 Å². The number of hydrogen-bond donors (Lipinski definition) is 1. The van der Waals surface area contributed by atoms with Crippen molar-refractivity contribution >= 4 is 15.5 Å². The van der Waals surface area contributed by atoms with Crippen LogP contribution in [0.3, 0.4) is 0 Å². The molecule has 118 valence electrons. The van der Waals surface area contributed by atoms with Gasteiger partial charge in [-0.05, 0) is 62.9 Å². The molecule has 0 bridgehead atoms. The van der Waals surface area contributed by atoms with Crippen LogP contribution in [0.5, 0.6) is 0 Å². The number of rotatable bonds is 7. The van der Waals surface area contributed by atoms with Gasteiger partial charge >= 0.3 is 0 Å². The van der Waals surface area contributed by atoms with Crippen molar-refractivity contribution in [1.29, 1.82) is 0 Å². The fraction of sp³-hybridized carbons (Fsp3) is 0.625. The number of anilines is 1. The molecule has 1 aliphatic rings. The zero-order chi connectivity index (χ0) is 15.3. The Kier molecular flexibility index (Phi) is 5.65. The smallest absolute Gasteiger partial charge is 0.178 e. The highest BCUT2D eigenvalue weighted by Crippen LogP contribution is 2.29. The Hall–Kier alpha value is -1.07. The molecule has 2 rings (SSSR count). The van der Waals surface area contributed by atoms with E-state index in [9.17, 15) is 8.42 Å². The largest absolute Gasteiger partial charge is 0.369 e. The molecule has 1 saturated heterocycles. The van der Waals surface area contributed by atoms with Crippen LogP contribution in [0, 0.1) is 0 Å². The molecular formula is C16H26N2O2S. The van der Waals surface area contributed by atoms with E-state index in [1.165, 1.54) is 12.8 Å². The minimum Gasteiger partial charge on any atom is -0.369 e. The zero-order valence-electron chi connectivity index (χ0n) is 12.8. The third-order valence-electron chi connectivity index (χ3n) is 4.12. The zero-order valence-corrected chi connectivity index (χ0v) is 13.6. The Morgan fingerprint density at radius 2 is 2.00 bits per heavy atom. The van der Waals surface area contributed by atoms with Crippen molar-refractivity contribution in [1.82, 2.24) is 0 Å².